The summed E-state index contributed by atoms with van der Waals surface area (Å²) in [6.45, 7) is 2.15. The lowest BCUT2D eigenvalue weighted by Crippen LogP contribution is -2.37. The minimum absolute atomic E-state index is 0.0284. The second-order valence-corrected chi connectivity index (χ2v) is 8.36. The molecule has 10 heteroatoms. The lowest BCUT2D eigenvalue weighted by Gasteiger charge is -2.27. The van der Waals surface area contributed by atoms with Crippen LogP contribution in [0.1, 0.15) is 35.3 Å². The predicted molar refractivity (Wildman–Crippen MR) is 126 cm³/mol. The van der Waals surface area contributed by atoms with Crippen molar-refractivity contribution < 1.29 is 4.79 Å². The molecule has 1 aliphatic rings. The van der Waals surface area contributed by atoms with E-state index in [1.807, 2.05) is 35.4 Å². The molecule has 1 fully saturated rings. The lowest BCUT2D eigenvalue weighted by molar-refractivity contribution is 0.0714. The number of halogens is 1. The number of likely N-dealkylation sites (tertiary alicyclic amines) is 1. The number of nitrogens with zero attached hydrogens (tertiary/aromatic N) is 5. The number of carbonyl (C=O) groups excluding carboxylic acids is 1. The Morgan fingerprint density at radius 3 is 2.74 bits per heavy atom. The van der Waals surface area contributed by atoms with Gasteiger partial charge >= 0.3 is 0 Å². The maximum atomic E-state index is 13.0. The van der Waals surface area contributed by atoms with Crippen LogP contribution >= 0.6 is 23.8 Å². The van der Waals surface area contributed by atoms with Crippen molar-refractivity contribution in [3.05, 3.63) is 59.1 Å². The first-order valence-corrected chi connectivity index (χ1v) is 10.9. The molecule has 3 heterocycles. The number of piperidine rings is 1. The van der Waals surface area contributed by atoms with E-state index in [1.54, 1.807) is 28.8 Å². The molecule has 0 unspecified atom stereocenters. The highest BCUT2D eigenvalue weighted by molar-refractivity contribution is 7.80. The molecule has 3 aromatic rings. The summed E-state index contributed by atoms with van der Waals surface area (Å²) in [6, 6.07) is 7.66. The smallest absolute Gasteiger partial charge is 0.274 e. The van der Waals surface area contributed by atoms with Crippen molar-refractivity contribution in [2.45, 2.75) is 25.8 Å². The van der Waals surface area contributed by atoms with Gasteiger partial charge in [0.15, 0.2) is 5.11 Å². The highest BCUT2D eigenvalue weighted by atomic mass is 35.5. The summed E-state index contributed by atoms with van der Waals surface area (Å²) in [5, 5.41) is 15.9. The zero-order valence-corrected chi connectivity index (χ0v) is 18.8. The van der Waals surface area contributed by atoms with E-state index in [4.69, 9.17) is 23.8 Å². The fourth-order valence-electron chi connectivity index (χ4n) is 3.65. The molecule has 1 amide bonds. The topological polar surface area (TPSA) is 80.0 Å². The van der Waals surface area contributed by atoms with Crippen LogP contribution in [0.4, 0.5) is 11.4 Å². The normalized spacial score (nSPS) is 13.8. The van der Waals surface area contributed by atoms with Gasteiger partial charge in [-0.25, -0.2) is 0 Å². The molecule has 1 aliphatic heterocycles. The van der Waals surface area contributed by atoms with Crippen LogP contribution in [0.25, 0.3) is 0 Å². The highest BCUT2D eigenvalue weighted by Crippen LogP contribution is 2.20. The minimum atomic E-state index is -0.0284. The number of thiocarbonyl (C=S) groups is 1. The van der Waals surface area contributed by atoms with Crippen molar-refractivity contribution in [1.82, 2.24) is 24.5 Å². The van der Waals surface area contributed by atoms with Crippen LogP contribution in [0.2, 0.25) is 5.02 Å². The molecule has 4 rings (SSSR count). The van der Waals surface area contributed by atoms with Crippen molar-refractivity contribution in [1.29, 1.82) is 0 Å². The maximum Gasteiger partial charge on any atom is 0.274 e. The number of hydrogen-bond donors (Lipinski definition) is 2. The van der Waals surface area contributed by atoms with E-state index in [0.717, 1.165) is 37.2 Å². The Morgan fingerprint density at radius 1 is 1.16 bits per heavy atom. The molecule has 8 nitrogen and oxygen atoms in total. The van der Waals surface area contributed by atoms with Crippen molar-refractivity contribution in [3.8, 4) is 0 Å². The molecule has 2 aromatic heterocycles. The third-order valence-electron chi connectivity index (χ3n) is 5.16. The lowest BCUT2D eigenvalue weighted by atomic mass is 10.1. The maximum absolute atomic E-state index is 13.0. The van der Waals surface area contributed by atoms with Crippen LogP contribution in [0.15, 0.2) is 42.9 Å². The number of amides is 1. The van der Waals surface area contributed by atoms with Gasteiger partial charge in [0.05, 0.1) is 30.3 Å². The Kier molecular flexibility index (Phi) is 6.53. The molecule has 0 aliphatic carbocycles. The number of hydrogen-bond acceptors (Lipinski definition) is 4. The van der Waals surface area contributed by atoms with Crippen LogP contribution in [0, 0.1) is 0 Å². The third-order valence-corrected chi connectivity index (χ3v) is 5.60. The number of anilines is 2. The summed E-state index contributed by atoms with van der Waals surface area (Å²) in [5.74, 6) is -0.0284. The summed E-state index contributed by atoms with van der Waals surface area (Å²) in [4.78, 5) is 14.9. The summed E-state index contributed by atoms with van der Waals surface area (Å²) in [6.07, 6.45) is 8.41. The first-order valence-electron chi connectivity index (χ1n) is 10.2. The molecule has 162 valence electrons. The van der Waals surface area contributed by atoms with E-state index >= 15 is 0 Å². The molecule has 0 saturated carbocycles. The molecule has 0 radical (unpaired) electrons. The predicted octanol–water partition coefficient (Wildman–Crippen LogP) is 3.75. The van der Waals surface area contributed by atoms with Crippen LogP contribution in [0.3, 0.4) is 0 Å². The van der Waals surface area contributed by atoms with Gasteiger partial charge in [0.2, 0.25) is 0 Å². The molecule has 1 saturated heterocycles. The van der Waals surface area contributed by atoms with Gasteiger partial charge in [-0.05, 0) is 49.2 Å². The van der Waals surface area contributed by atoms with Crippen molar-refractivity contribution in [3.63, 3.8) is 0 Å². The van der Waals surface area contributed by atoms with Gasteiger partial charge in [-0.15, -0.1) is 0 Å². The van der Waals surface area contributed by atoms with E-state index in [9.17, 15) is 4.79 Å². The molecule has 1 aromatic carbocycles. The first kappa shape index (κ1) is 21.3. The molecule has 0 atom stereocenters. The molecule has 31 heavy (non-hydrogen) atoms. The monoisotopic (exact) mass is 457 g/mol. The van der Waals surface area contributed by atoms with Gasteiger partial charge in [0.25, 0.3) is 5.91 Å². The van der Waals surface area contributed by atoms with Gasteiger partial charge < -0.3 is 15.5 Å². The standard InChI is InChI=1S/C21H24ClN7OS/c1-27-19(20(30)28-8-3-2-4-9-28)18(12-23-27)26-21(31)25-17-11-24-29(14-17)13-15-6-5-7-16(22)10-15/h5-7,10-12,14H,2-4,8-9,13H2,1H3,(H2,25,26,31). The van der Waals surface area contributed by atoms with Crippen LogP contribution < -0.4 is 10.6 Å². The van der Waals surface area contributed by atoms with Gasteiger partial charge in [0, 0.05) is 31.4 Å². The Balaban J connectivity index is 1.39. The van der Waals surface area contributed by atoms with Crippen molar-refractivity contribution >= 4 is 46.2 Å². The molecular weight excluding hydrogens is 434 g/mol. The van der Waals surface area contributed by atoms with Gasteiger partial charge in [-0.2, -0.15) is 10.2 Å². The Morgan fingerprint density at radius 2 is 1.97 bits per heavy atom. The number of rotatable bonds is 5. The number of carbonyl (C=O) groups is 1. The fraction of sp³-hybridized carbons (Fsp3) is 0.333. The molecule has 2 N–H and O–H groups in total. The zero-order chi connectivity index (χ0) is 21.8. The summed E-state index contributed by atoms with van der Waals surface area (Å²) < 4.78 is 3.39. The molecule has 0 spiro atoms. The number of aromatic nitrogens is 4. The van der Waals surface area contributed by atoms with E-state index in [0.29, 0.717) is 28.1 Å². The van der Waals surface area contributed by atoms with Gasteiger partial charge in [-0.3, -0.25) is 14.2 Å². The van der Waals surface area contributed by atoms with Crippen LogP contribution in [-0.2, 0) is 13.6 Å². The summed E-state index contributed by atoms with van der Waals surface area (Å²) >= 11 is 11.5. The van der Waals surface area contributed by atoms with Gasteiger partial charge in [0.1, 0.15) is 5.69 Å². The number of benzene rings is 1. The Bertz CT molecular complexity index is 1090. The van der Waals surface area contributed by atoms with E-state index < -0.39 is 0 Å². The Hall–Kier alpha value is -2.91. The fourth-order valence-corrected chi connectivity index (χ4v) is 4.09. The first-order chi connectivity index (χ1) is 15.0. The highest BCUT2D eigenvalue weighted by Gasteiger charge is 2.24. The van der Waals surface area contributed by atoms with Crippen molar-refractivity contribution in [2.75, 3.05) is 23.7 Å². The second kappa shape index (κ2) is 9.49. The Labute approximate surface area is 191 Å². The second-order valence-electron chi connectivity index (χ2n) is 7.52. The third kappa shape index (κ3) is 5.23. The molecule has 0 bridgehead atoms. The van der Waals surface area contributed by atoms with E-state index in [2.05, 4.69) is 20.8 Å². The average Bonchev–Trinajstić information content (AvgIpc) is 3.34. The largest absolute Gasteiger partial charge is 0.337 e. The summed E-state index contributed by atoms with van der Waals surface area (Å²) in [7, 11) is 1.76. The number of aryl methyl sites for hydroxylation is 1. The molecular formula is C21H24ClN7OS. The summed E-state index contributed by atoms with van der Waals surface area (Å²) in [5.41, 5.74) is 2.89. The van der Waals surface area contributed by atoms with Gasteiger partial charge in [-0.1, -0.05) is 23.7 Å². The van der Waals surface area contributed by atoms with E-state index in [1.165, 1.54) is 6.42 Å². The number of nitrogens with one attached hydrogen (secondary N) is 2. The van der Waals surface area contributed by atoms with Crippen LogP contribution in [-0.4, -0.2) is 48.6 Å². The quantitative estimate of drug-likeness (QED) is 0.568. The minimum Gasteiger partial charge on any atom is -0.337 e. The zero-order valence-electron chi connectivity index (χ0n) is 17.2. The SMILES string of the molecule is Cn1ncc(NC(=S)Nc2cnn(Cc3cccc(Cl)c3)c2)c1C(=O)N1CCCCC1. The van der Waals surface area contributed by atoms with Crippen LogP contribution in [0.5, 0.6) is 0 Å². The van der Waals surface area contributed by atoms with Crippen molar-refractivity contribution in [2.24, 2.45) is 7.05 Å². The average molecular weight is 458 g/mol. The van der Waals surface area contributed by atoms with E-state index in [-0.39, 0.29) is 5.91 Å².